The van der Waals surface area contributed by atoms with Gasteiger partial charge in [-0.2, -0.15) is 5.10 Å². The van der Waals surface area contributed by atoms with Crippen LogP contribution in [-0.4, -0.2) is 18.1 Å². The van der Waals surface area contributed by atoms with Crippen LogP contribution < -0.4 is 10.2 Å². The Morgan fingerprint density at radius 3 is 2.44 bits per heavy atom. The van der Waals surface area contributed by atoms with E-state index in [9.17, 15) is 9.59 Å². The van der Waals surface area contributed by atoms with E-state index >= 15 is 0 Å². The molecule has 2 aromatic rings. The van der Waals surface area contributed by atoms with Crippen LogP contribution >= 0.6 is 15.9 Å². The first-order chi connectivity index (χ1) is 13.1. The van der Waals surface area contributed by atoms with E-state index in [0.717, 1.165) is 31.2 Å². The molecule has 3 rings (SSSR count). The molecule has 0 aromatic heterocycles. The maximum Gasteiger partial charge on any atom is 0.344 e. The molecule has 1 fully saturated rings. The fourth-order valence-corrected chi connectivity index (χ4v) is 3.48. The molecule has 6 heteroatoms. The molecule has 0 radical (unpaired) electrons. The number of amides is 1. The Balaban J connectivity index is 1.53. The van der Waals surface area contributed by atoms with Gasteiger partial charge < -0.3 is 4.74 Å². The van der Waals surface area contributed by atoms with Crippen LogP contribution in [0.5, 0.6) is 5.75 Å². The summed E-state index contributed by atoms with van der Waals surface area (Å²) in [5.41, 5.74) is 3.89. The number of esters is 1. The Morgan fingerprint density at radius 1 is 1.04 bits per heavy atom. The van der Waals surface area contributed by atoms with E-state index in [2.05, 4.69) is 26.5 Å². The van der Waals surface area contributed by atoms with Crippen LogP contribution in [0.2, 0.25) is 0 Å². The Labute approximate surface area is 166 Å². The average Bonchev–Trinajstić information content (AvgIpc) is 2.70. The van der Waals surface area contributed by atoms with E-state index in [1.165, 1.54) is 6.42 Å². The zero-order valence-corrected chi connectivity index (χ0v) is 16.4. The molecule has 1 saturated carbocycles. The zero-order valence-electron chi connectivity index (χ0n) is 14.9. The van der Waals surface area contributed by atoms with Gasteiger partial charge in [0.2, 0.25) is 5.91 Å². The van der Waals surface area contributed by atoms with Crippen molar-refractivity contribution in [2.75, 3.05) is 0 Å². The lowest BCUT2D eigenvalue weighted by Crippen LogP contribution is -2.28. The first-order valence-corrected chi connectivity index (χ1v) is 9.82. The van der Waals surface area contributed by atoms with E-state index in [1.54, 1.807) is 48.7 Å². The number of benzene rings is 2. The molecular weight excluding hydrogens is 408 g/mol. The van der Waals surface area contributed by atoms with Crippen molar-refractivity contribution in [3.05, 3.63) is 64.1 Å². The standard InChI is InChI=1S/C21H21BrN2O3/c22-19-9-5-4-8-18(19)21(26)27-17-12-10-15(11-13-17)14-23-24-20(25)16-6-2-1-3-7-16/h4-5,8-14,16H,1-3,6-7H2,(H,24,25)/b23-14+. The SMILES string of the molecule is O=C(Oc1ccc(/C=N/NC(=O)C2CCCCC2)cc1)c1ccccc1Br. The molecule has 0 bridgehead atoms. The highest BCUT2D eigenvalue weighted by molar-refractivity contribution is 9.10. The summed E-state index contributed by atoms with van der Waals surface area (Å²) in [5, 5.41) is 4.03. The van der Waals surface area contributed by atoms with E-state index in [4.69, 9.17) is 4.74 Å². The largest absolute Gasteiger partial charge is 0.423 e. The Morgan fingerprint density at radius 2 is 1.74 bits per heavy atom. The third kappa shape index (κ3) is 5.50. The maximum atomic E-state index is 12.2. The second-order valence-electron chi connectivity index (χ2n) is 6.51. The Kier molecular flexibility index (Phi) is 6.76. The molecule has 0 atom stereocenters. The summed E-state index contributed by atoms with van der Waals surface area (Å²) < 4.78 is 6.06. The quantitative estimate of drug-likeness (QED) is 0.324. The molecule has 1 aliphatic rings. The lowest BCUT2D eigenvalue weighted by atomic mass is 9.89. The minimum absolute atomic E-state index is 0.00932. The summed E-state index contributed by atoms with van der Waals surface area (Å²) in [6.07, 6.45) is 6.91. The summed E-state index contributed by atoms with van der Waals surface area (Å²) in [5.74, 6) is 0.0859. The molecule has 0 unspecified atom stereocenters. The Bertz CT molecular complexity index is 828. The highest BCUT2D eigenvalue weighted by Crippen LogP contribution is 2.23. The van der Waals surface area contributed by atoms with Gasteiger partial charge in [0.05, 0.1) is 11.8 Å². The molecule has 1 amide bonds. The fraction of sp³-hybridized carbons (Fsp3) is 0.286. The number of hydrogen-bond donors (Lipinski definition) is 1. The maximum absolute atomic E-state index is 12.2. The summed E-state index contributed by atoms with van der Waals surface area (Å²) in [7, 11) is 0. The highest BCUT2D eigenvalue weighted by Gasteiger charge is 2.20. The van der Waals surface area contributed by atoms with Gasteiger partial charge in [-0.05, 0) is 70.7 Å². The third-order valence-electron chi connectivity index (χ3n) is 4.55. The van der Waals surface area contributed by atoms with Gasteiger partial charge in [-0.25, -0.2) is 10.2 Å². The highest BCUT2D eigenvalue weighted by atomic mass is 79.9. The van der Waals surface area contributed by atoms with Gasteiger partial charge in [-0.1, -0.05) is 31.4 Å². The first kappa shape index (κ1) is 19.3. The molecule has 27 heavy (non-hydrogen) atoms. The molecule has 0 heterocycles. The summed E-state index contributed by atoms with van der Waals surface area (Å²) >= 11 is 3.34. The van der Waals surface area contributed by atoms with Crippen molar-refractivity contribution in [3.63, 3.8) is 0 Å². The fourth-order valence-electron chi connectivity index (χ4n) is 3.04. The van der Waals surface area contributed by atoms with Gasteiger partial charge in [0.15, 0.2) is 0 Å². The molecule has 140 valence electrons. The van der Waals surface area contributed by atoms with Gasteiger partial charge in [0.25, 0.3) is 0 Å². The number of ether oxygens (including phenoxy) is 1. The number of nitrogens with one attached hydrogen (secondary N) is 1. The lowest BCUT2D eigenvalue weighted by molar-refractivity contribution is -0.125. The number of nitrogens with zero attached hydrogens (tertiary/aromatic N) is 1. The molecular formula is C21H21BrN2O3. The second kappa shape index (κ2) is 9.46. The van der Waals surface area contributed by atoms with Gasteiger partial charge in [0, 0.05) is 10.4 Å². The number of hydrogen-bond acceptors (Lipinski definition) is 4. The van der Waals surface area contributed by atoms with Crippen LogP contribution in [0.25, 0.3) is 0 Å². The minimum Gasteiger partial charge on any atom is -0.423 e. The minimum atomic E-state index is -0.427. The van der Waals surface area contributed by atoms with Crippen LogP contribution in [0.3, 0.4) is 0 Å². The van der Waals surface area contributed by atoms with Crippen molar-refractivity contribution in [1.29, 1.82) is 0 Å². The molecule has 5 nitrogen and oxygen atoms in total. The van der Waals surface area contributed by atoms with E-state index in [-0.39, 0.29) is 11.8 Å². The topological polar surface area (TPSA) is 67.8 Å². The van der Waals surface area contributed by atoms with Crippen molar-refractivity contribution in [2.24, 2.45) is 11.0 Å². The van der Waals surface area contributed by atoms with Crippen LogP contribution in [-0.2, 0) is 4.79 Å². The van der Waals surface area contributed by atoms with E-state index < -0.39 is 5.97 Å². The molecule has 0 saturated heterocycles. The lowest BCUT2D eigenvalue weighted by Gasteiger charge is -2.19. The predicted octanol–water partition coefficient (Wildman–Crippen LogP) is 4.70. The molecule has 1 N–H and O–H groups in total. The Hall–Kier alpha value is -2.47. The van der Waals surface area contributed by atoms with E-state index in [0.29, 0.717) is 15.8 Å². The first-order valence-electron chi connectivity index (χ1n) is 9.03. The predicted molar refractivity (Wildman–Crippen MR) is 108 cm³/mol. The smallest absolute Gasteiger partial charge is 0.344 e. The van der Waals surface area contributed by atoms with Crippen molar-refractivity contribution >= 4 is 34.0 Å². The van der Waals surface area contributed by atoms with Gasteiger partial charge in [-0.15, -0.1) is 0 Å². The molecule has 0 aliphatic heterocycles. The summed E-state index contributed by atoms with van der Waals surface area (Å²) in [4.78, 5) is 24.2. The van der Waals surface area contributed by atoms with E-state index in [1.807, 2.05) is 6.07 Å². The molecule has 0 spiro atoms. The van der Waals surface area contributed by atoms with Gasteiger partial charge in [0.1, 0.15) is 5.75 Å². The number of carbonyl (C=O) groups excluding carboxylic acids is 2. The number of hydrazone groups is 1. The van der Waals surface area contributed by atoms with Crippen LogP contribution in [0, 0.1) is 5.92 Å². The van der Waals surface area contributed by atoms with Crippen molar-refractivity contribution in [3.8, 4) is 5.75 Å². The van der Waals surface area contributed by atoms with Crippen molar-refractivity contribution < 1.29 is 14.3 Å². The van der Waals surface area contributed by atoms with Crippen molar-refractivity contribution in [1.82, 2.24) is 5.43 Å². The van der Waals surface area contributed by atoms with Crippen LogP contribution in [0.15, 0.2) is 58.1 Å². The van der Waals surface area contributed by atoms with Crippen molar-refractivity contribution in [2.45, 2.75) is 32.1 Å². The zero-order chi connectivity index (χ0) is 19.1. The summed E-state index contributed by atoms with van der Waals surface area (Å²) in [6.45, 7) is 0. The molecule has 2 aromatic carbocycles. The monoisotopic (exact) mass is 428 g/mol. The summed E-state index contributed by atoms with van der Waals surface area (Å²) in [6, 6.07) is 14.0. The third-order valence-corrected chi connectivity index (χ3v) is 5.24. The molecule has 1 aliphatic carbocycles. The number of carbonyl (C=O) groups is 2. The normalized spacial score (nSPS) is 14.9. The van der Waals surface area contributed by atoms with Crippen LogP contribution in [0.1, 0.15) is 48.0 Å². The second-order valence-corrected chi connectivity index (χ2v) is 7.36. The number of halogens is 1. The average molecular weight is 429 g/mol. The van der Waals surface area contributed by atoms with Gasteiger partial charge >= 0.3 is 5.97 Å². The van der Waals surface area contributed by atoms with Crippen LogP contribution in [0.4, 0.5) is 0 Å². The van der Waals surface area contributed by atoms with Gasteiger partial charge in [-0.3, -0.25) is 4.79 Å². The number of rotatable bonds is 5.